The Labute approximate surface area is 451 Å². The summed E-state index contributed by atoms with van der Waals surface area (Å²) >= 11 is 0. The third-order valence-electron chi connectivity index (χ3n) is 14.6. The molecule has 0 unspecified atom stereocenters. The van der Waals surface area contributed by atoms with Crippen LogP contribution in [-0.4, -0.2) is 29.1 Å². The maximum Gasteiger partial charge on any atom is 0.177 e. The fourth-order valence-corrected chi connectivity index (χ4v) is 10.8. The number of benzene rings is 10. The van der Waals surface area contributed by atoms with Crippen LogP contribution in [0.1, 0.15) is 26.6 Å². The molecule has 0 radical (unpaired) electrons. The molecule has 0 aliphatic rings. The number of imidazole rings is 2. The Balaban J connectivity index is 0.931. The molecular weight excluding hydrogens is 957 g/mol. The molecule has 4 heterocycles. The molecule has 0 aliphatic carbocycles. The zero-order chi connectivity index (χ0) is 52.3. The zero-order valence-corrected chi connectivity index (χ0v) is 43.2. The molecule has 0 amide bonds. The van der Waals surface area contributed by atoms with Crippen molar-refractivity contribution < 1.29 is 9.15 Å². The van der Waals surface area contributed by atoms with Gasteiger partial charge in [-0.15, -0.1) is 0 Å². The largest absolute Gasteiger partial charge is 0.453 e. The molecular formula is C70H50N6O2. The number of hydrogen-bond acceptors (Lipinski definition) is 6. The Bertz CT molecular complexity index is 4550. The first kappa shape index (κ1) is 46.4. The highest BCUT2D eigenvalue weighted by molar-refractivity contribution is 6.10. The van der Waals surface area contributed by atoms with Crippen molar-refractivity contribution in [3.05, 3.63) is 255 Å². The first-order chi connectivity index (χ1) is 38.3. The lowest BCUT2D eigenvalue weighted by Gasteiger charge is -2.16. The van der Waals surface area contributed by atoms with Crippen molar-refractivity contribution in [2.75, 3.05) is 0 Å². The van der Waals surface area contributed by atoms with E-state index in [1.807, 2.05) is 42.7 Å². The molecule has 0 fully saturated rings. The first-order valence-corrected chi connectivity index (χ1v) is 26.3. The van der Waals surface area contributed by atoms with E-state index in [0.717, 1.165) is 123 Å². The second-order valence-corrected chi connectivity index (χ2v) is 20.7. The number of ether oxygens (including phenoxy) is 1. The van der Waals surface area contributed by atoms with E-state index in [0.29, 0.717) is 17.1 Å². The van der Waals surface area contributed by atoms with Crippen LogP contribution in [0.2, 0.25) is 0 Å². The number of hydrogen-bond donors (Lipinski definition) is 0. The summed E-state index contributed by atoms with van der Waals surface area (Å²) in [6.45, 7) is 6.38. The molecule has 372 valence electrons. The van der Waals surface area contributed by atoms with Crippen molar-refractivity contribution >= 4 is 44.0 Å². The van der Waals surface area contributed by atoms with Gasteiger partial charge in [0, 0.05) is 56.4 Å². The minimum absolute atomic E-state index is 0.127. The van der Waals surface area contributed by atoms with Crippen LogP contribution >= 0.6 is 0 Å². The van der Waals surface area contributed by atoms with E-state index >= 15 is 0 Å². The predicted molar refractivity (Wildman–Crippen MR) is 316 cm³/mol. The van der Waals surface area contributed by atoms with E-state index in [-0.39, 0.29) is 5.41 Å². The van der Waals surface area contributed by atoms with Gasteiger partial charge in [0.2, 0.25) is 0 Å². The van der Waals surface area contributed by atoms with E-state index in [1.165, 1.54) is 0 Å². The van der Waals surface area contributed by atoms with Crippen molar-refractivity contribution in [3.8, 4) is 90.2 Å². The standard InChI is InChI=1S/C70H50N6O2/c1-70(2,3)69-71-43-52(44-72-69)46-35-33-45(34-36-46)49-37-38-64-56(40-49)57-41-51(68-74-59-28-13-17-32-63(59)76(68)61-30-15-11-26-55(61)48-21-8-5-9-22-48)42-65(66(57)78-64)77-53-24-18-23-50(39-53)67-73-58-27-12-16-31-62(58)75(67)60-29-14-10-25-54(60)47-19-6-4-7-20-47/h4-44H,1-3H3. The smallest absolute Gasteiger partial charge is 0.177 e. The minimum Gasteiger partial charge on any atom is -0.453 e. The van der Waals surface area contributed by atoms with Gasteiger partial charge < -0.3 is 9.15 Å². The summed E-state index contributed by atoms with van der Waals surface area (Å²) in [6, 6.07) is 82.2. The molecule has 8 nitrogen and oxygen atoms in total. The fourth-order valence-electron chi connectivity index (χ4n) is 10.8. The van der Waals surface area contributed by atoms with Crippen LogP contribution in [-0.2, 0) is 5.41 Å². The molecule has 0 spiro atoms. The minimum atomic E-state index is -0.127. The average molecular weight is 1010 g/mol. The van der Waals surface area contributed by atoms with Gasteiger partial charge in [0.05, 0.1) is 33.4 Å². The average Bonchev–Trinajstić information content (AvgIpc) is 4.35. The summed E-state index contributed by atoms with van der Waals surface area (Å²) < 4.78 is 18.6. The van der Waals surface area contributed by atoms with Gasteiger partial charge in [0.25, 0.3) is 0 Å². The van der Waals surface area contributed by atoms with Crippen LogP contribution in [0, 0.1) is 0 Å². The lowest BCUT2D eigenvalue weighted by Crippen LogP contribution is -2.15. The highest BCUT2D eigenvalue weighted by atomic mass is 16.5. The Morgan fingerprint density at radius 2 is 0.897 bits per heavy atom. The lowest BCUT2D eigenvalue weighted by atomic mass is 9.95. The zero-order valence-electron chi connectivity index (χ0n) is 43.2. The van der Waals surface area contributed by atoms with Crippen LogP contribution in [0.3, 0.4) is 0 Å². The predicted octanol–water partition coefficient (Wildman–Crippen LogP) is 18.1. The maximum atomic E-state index is 7.19. The van der Waals surface area contributed by atoms with Gasteiger partial charge in [0.1, 0.15) is 28.8 Å². The molecule has 0 N–H and O–H groups in total. The first-order valence-electron chi connectivity index (χ1n) is 26.3. The van der Waals surface area contributed by atoms with E-state index in [2.05, 4.69) is 236 Å². The monoisotopic (exact) mass is 1010 g/mol. The van der Waals surface area contributed by atoms with Gasteiger partial charge in [-0.05, 0) is 101 Å². The third-order valence-corrected chi connectivity index (χ3v) is 14.6. The van der Waals surface area contributed by atoms with Gasteiger partial charge in [-0.2, -0.15) is 0 Å². The summed E-state index contributed by atoms with van der Waals surface area (Å²) in [5, 5.41) is 1.86. The third kappa shape index (κ3) is 8.27. The molecule has 10 aromatic carbocycles. The highest BCUT2D eigenvalue weighted by Crippen LogP contribution is 2.44. The molecule has 8 heteroatoms. The molecule has 0 saturated heterocycles. The normalized spacial score (nSPS) is 11.8. The summed E-state index contributed by atoms with van der Waals surface area (Å²) in [4.78, 5) is 20.1. The van der Waals surface area contributed by atoms with Gasteiger partial charge in [-0.25, -0.2) is 19.9 Å². The van der Waals surface area contributed by atoms with Crippen LogP contribution in [0.4, 0.5) is 0 Å². The van der Waals surface area contributed by atoms with E-state index < -0.39 is 0 Å². The molecule has 4 aromatic heterocycles. The second kappa shape index (κ2) is 18.9. The van der Waals surface area contributed by atoms with Crippen molar-refractivity contribution in [3.63, 3.8) is 0 Å². The van der Waals surface area contributed by atoms with Crippen molar-refractivity contribution in [1.29, 1.82) is 0 Å². The van der Waals surface area contributed by atoms with Crippen LogP contribution in [0.25, 0.3) is 123 Å². The van der Waals surface area contributed by atoms with E-state index in [4.69, 9.17) is 29.1 Å². The Morgan fingerprint density at radius 3 is 1.50 bits per heavy atom. The Hall–Kier alpha value is -10.2. The van der Waals surface area contributed by atoms with Crippen LogP contribution < -0.4 is 4.74 Å². The number of nitrogens with zero attached hydrogens (tertiary/aromatic N) is 6. The van der Waals surface area contributed by atoms with Crippen molar-refractivity contribution in [2.24, 2.45) is 0 Å². The number of rotatable bonds is 10. The van der Waals surface area contributed by atoms with Crippen molar-refractivity contribution in [1.82, 2.24) is 29.1 Å². The molecule has 0 saturated carbocycles. The van der Waals surface area contributed by atoms with Gasteiger partial charge in [-0.1, -0.05) is 185 Å². The van der Waals surface area contributed by atoms with Crippen LogP contribution in [0.15, 0.2) is 253 Å². The second-order valence-electron chi connectivity index (χ2n) is 20.7. The number of aromatic nitrogens is 6. The SMILES string of the molecule is CC(C)(C)c1ncc(-c2ccc(-c3ccc4oc5c(Oc6cccc(-c7nc8ccccc8n7-c7ccccc7-c7ccccc7)c6)cc(-c6nc7ccccc7n6-c6ccccc6-c6ccccc6)cc5c4c3)cc2)cn1. The summed E-state index contributed by atoms with van der Waals surface area (Å²) in [5.41, 5.74) is 17.4. The topological polar surface area (TPSA) is 83.8 Å². The van der Waals surface area contributed by atoms with Gasteiger partial charge in [-0.3, -0.25) is 9.13 Å². The van der Waals surface area contributed by atoms with Crippen LogP contribution in [0.5, 0.6) is 11.5 Å². The van der Waals surface area contributed by atoms with E-state index in [1.54, 1.807) is 0 Å². The van der Waals surface area contributed by atoms with E-state index in [9.17, 15) is 0 Å². The number of fused-ring (bicyclic) bond motifs is 5. The highest BCUT2D eigenvalue weighted by Gasteiger charge is 2.24. The van der Waals surface area contributed by atoms with Gasteiger partial charge >= 0.3 is 0 Å². The molecule has 0 bridgehead atoms. The number of furan rings is 1. The Morgan fingerprint density at radius 1 is 0.397 bits per heavy atom. The lowest BCUT2D eigenvalue weighted by molar-refractivity contribution is 0.476. The fraction of sp³-hybridized carbons (Fsp3) is 0.0571. The maximum absolute atomic E-state index is 7.19. The summed E-state index contributed by atoms with van der Waals surface area (Å²) in [6.07, 6.45) is 3.83. The molecule has 0 aliphatic heterocycles. The molecule has 78 heavy (non-hydrogen) atoms. The summed E-state index contributed by atoms with van der Waals surface area (Å²) in [7, 11) is 0. The molecule has 14 rings (SSSR count). The quantitative estimate of drug-likeness (QED) is 0.136. The summed E-state index contributed by atoms with van der Waals surface area (Å²) in [5.74, 6) is 3.57. The number of para-hydroxylation sites is 6. The Kier molecular flexibility index (Phi) is 11.2. The van der Waals surface area contributed by atoms with Crippen molar-refractivity contribution in [2.45, 2.75) is 26.2 Å². The molecule has 0 atom stereocenters. The van der Waals surface area contributed by atoms with Gasteiger partial charge in [0.15, 0.2) is 11.3 Å². The molecule has 14 aromatic rings.